The highest BCUT2D eigenvalue weighted by atomic mass is 16.6. The van der Waals surface area contributed by atoms with E-state index >= 15 is 0 Å². The molecule has 0 aliphatic heterocycles. The standard InChI is InChI=1S/C13H21NO3/c1-6-8-9-11(15)14(10-7-2)12(16)17-13(3,4)5/h6-7H,1-2,8-10H2,3-5H3. The Hall–Kier alpha value is -1.58. The van der Waals surface area contributed by atoms with Crippen LogP contribution in [0.4, 0.5) is 4.79 Å². The molecule has 2 amide bonds. The molecule has 0 spiro atoms. The zero-order chi connectivity index (χ0) is 13.5. The fourth-order valence-electron chi connectivity index (χ4n) is 1.08. The molecule has 4 nitrogen and oxygen atoms in total. The molecule has 0 aromatic carbocycles. The molecule has 4 heteroatoms. The van der Waals surface area contributed by atoms with E-state index in [0.717, 1.165) is 4.90 Å². The van der Waals surface area contributed by atoms with Gasteiger partial charge >= 0.3 is 6.09 Å². The third-order valence-corrected chi connectivity index (χ3v) is 1.79. The van der Waals surface area contributed by atoms with Gasteiger partial charge in [-0.05, 0) is 27.2 Å². The summed E-state index contributed by atoms with van der Waals surface area (Å²) in [6, 6.07) is 0. The molecule has 0 fully saturated rings. The monoisotopic (exact) mass is 239 g/mol. The molecule has 0 unspecified atom stereocenters. The maximum absolute atomic E-state index is 11.8. The molecule has 0 aliphatic carbocycles. The first-order valence-corrected chi connectivity index (χ1v) is 5.57. The second-order valence-corrected chi connectivity index (χ2v) is 4.60. The van der Waals surface area contributed by atoms with E-state index in [4.69, 9.17) is 4.74 Å². The van der Waals surface area contributed by atoms with Crippen molar-refractivity contribution in [2.75, 3.05) is 6.54 Å². The summed E-state index contributed by atoms with van der Waals surface area (Å²) in [6.45, 7) is 12.5. The number of carbonyl (C=O) groups excluding carboxylic acids is 2. The summed E-state index contributed by atoms with van der Waals surface area (Å²) in [6.07, 6.45) is 3.28. The van der Waals surface area contributed by atoms with Crippen LogP contribution in [0.5, 0.6) is 0 Å². The molecule has 0 rings (SSSR count). The first kappa shape index (κ1) is 15.4. The molecule has 0 saturated heterocycles. The molecule has 96 valence electrons. The van der Waals surface area contributed by atoms with E-state index in [2.05, 4.69) is 13.2 Å². The Morgan fingerprint density at radius 2 is 1.82 bits per heavy atom. The van der Waals surface area contributed by atoms with E-state index in [1.54, 1.807) is 26.8 Å². The molecule has 0 bridgehead atoms. The maximum atomic E-state index is 11.8. The van der Waals surface area contributed by atoms with Gasteiger partial charge in [-0.2, -0.15) is 0 Å². The van der Waals surface area contributed by atoms with E-state index in [0.29, 0.717) is 6.42 Å². The molecule has 0 atom stereocenters. The average Bonchev–Trinajstić information content (AvgIpc) is 2.19. The fraction of sp³-hybridized carbons (Fsp3) is 0.538. The highest BCUT2D eigenvalue weighted by Gasteiger charge is 2.25. The van der Waals surface area contributed by atoms with Gasteiger partial charge in [0.05, 0.1) is 0 Å². The van der Waals surface area contributed by atoms with Gasteiger partial charge in [0.15, 0.2) is 0 Å². The summed E-state index contributed by atoms with van der Waals surface area (Å²) in [5.41, 5.74) is -0.616. The van der Waals surface area contributed by atoms with Gasteiger partial charge in [-0.25, -0.2) is 9.69 Å². The number of imide groups is 1. The number of ether oxygens (including phenoxy) is 1. The van der Waals surface area contributed by atoms with Crippen LogP contribution in [0, 0.1) is 0 Å². The van der Waals surface area contributed by atoms with Gasteiger partial charge in [0, 0.05) is 13.0 Å². The largest absolute Gasteiger partial charge is 0.443 e. The van der Waals surface area contributed by atoms with E-state index in [9.17, 15) is 9.59 Å². The van der Waals surface area contributed by atoms with Crippen molar-refractivity contribution in [3.05, 3.63) is 25.3 Å². The van der Waals surface area contributed by atoms with Crippen LogP contribution in [0.25, 0.3) is 0 Å². The van der Waals surface area contributed by atoms with Crippen LogP contribution in [0.2, 0.25) is 0 Å². The van der Waals surface area contributed by atoms with Crippen molar-refractivity contribution in [3.63, 3.8) is 0 Å². The smallest absolute Gasteiger partial charge is 0.417 e. The number of nitrogens with zero attached hydrogens (tertiary/aromatic N) is 1. The van der Waals surface area contributed by atoms with Crippen LogP contribution in [0.1, 0.15) is 33.6 Å². The molecular weight excluding hydrogens is 218 g/mol. The molecule has 0 N–H and O–H groups in total. The molecule has 0 saturated carbocycles. The molecule has 0 aromatic heterocycles. The Bertz CT molecular complexity index is 302. The van der Waals surface area contributed by atoms with Gasteiger partial charge in [-0.1, -0.05) is 12.2 Å². The van der Waals surface area contributed by atoms with Crippen molar-refractivity contribution < 1.29 is 14.3 Å². The second kappa shape index (κ2) is 6.89. The van der Waals surface area contributed by atoms with E-state index in [1.807, 2.05) is 0 Å². The number of hydrogen-bond acceptors (Lipinski definition) is 3. The Labute approximate surface area is 103 Å². The highest BCUT2D eigenvalue weighted by Crippen LogP contribution is 2.11. The maximum Gasteiger partial charge on any atom is 0.417 e. The van der Waals surface area contributed by atoms with Gasteiger partial charge in [0.2, 0.25) is 5.91 Å². The summed E-state index contributed by atoms with van der Waals surface area (Å²) in [7, 11) is 0. The zero-order valence-electron chi connectivity index (χ0n) is 10.9. The van der Waals surface area contributed by atoms with Gasteiger partial charge in [0.25, 0.3) is 0 Å². The molecular formula is C13H21NO3. The molecule has 17 heavy (non-hydrogen) atoms. The molecule has 0 heterocycles. The van der Waals surface area contributed by atoms with Crippen molar-refractivity contribution in [1.29, 1.82) is 0 Å². The van der Waals surface area contributed by atoms with Crippen LogP contribution < -0.4 is 0 Å². The summed E-state index contributed by atoms with van der Waals surface area (Å²) in [5.74, 6) is -0.279. The number of carbonyl (C=O) groups is 2. The van der Waals surface area contributed by atoms with Crippen LogP contribution >= 0.6 is 0 Å². The van der Waals surface area contributed by atoms with Crippen LogP contribution in [-0.4, -0.2) is 29.0 Å². The Morgan fingerprint density at radius 3 is 2.24 bits per heavy atom. The second-order valence-electron chi connectivity index (χ2n) is 4.60. The van der Waals surface area contributed by atoms with E-state index < -0.39 is 11.7 Å². The van der Waals surface area contributed by atoms with Crippen LogP contribution in [0.3, 0.4) is 0 Å². The van der Waals surface area contributed by atoms with Gasteiger partial charge in [-0.3, -0.25) is 4.79 Å². The minimum atomic E-state index is -0.633. The van der Waals surface area contributed by atoms with E-state index in [-0.39, 0.29) is 18.9 Å². The predicted octanol–water partition coefficient (Wildman–Crippen LogP) is 2.90. The Morgan fingerprint density at radius 1 is 1.24 bits per heavy atom. The predicted molar refractivity (Wildman–Crippen MR) is 67.6 cm³/mol. The fourth-order valence-corrected chi connectivity index (χ4v) is 1.08. The number of rotatable bonds is 5. The summed E-state index contributed by atoms with van der Waals surface area (Å²) in [5, 5.41) is 0. The lowest BCUT2D eigenvalue weighted by Crippen LogP contribution is -2.40. The van der Waals surface area contributed by atoms with Crippen LogP contribution in [0.15, 0.2) is 25.3 Å². The lowest BCUT2D eigenvalue weighted by atomic mass is 10.2. The summed E-state index contributed by atoms with van der Waals surface area (Å²) in [4.78, 5) is 24.6. The van der Waals surface area contributed by atoms with Gasteiger partial charge in [-0.15, -0.1) is 13.2 Å². The van der Waals surface area contributed by atoms with Gasteiger partial charge in [0.1, 0.15) is 5.60 Å². The number of allylic oxidation sites excluding steroid dienone is 1. The Balaban J connectivity index is 4.60. The lowest BCUT2D eigenvalue weighted by molar-refractivity contribution is -0.129. The first-order valence-electron chi connectivity index (χ1n) is 5.57. The number of hydrogen-bond donors (Lipinski definition) is 0. The van der Waals surface area contributed by atoms with Crippen molar-refractivity contribution in [3.8, 4) is 0 Å². The highest BCUT2D eigenvalue weighted by molar-refractivity contribution is 5.92. The topological polar surface area (TPSA) is 46.6 Å². The lowest BCUT2D eigenvalue weighted by Gasteiger charge is -2.25. The van der Waals surface area contributed by atoms with E-state index in [1.165, 1.54) is 6.08 Å². The zero-order valence-corrected chi connectivity index (χ0v) is 10.9. The minimum Gasteiger partial charge on any atom is -0.443 e. The Kier molecular flexibility index (Phi) is 6.25. The summed E-state index contributed by atoms with van der Waals surface area (Å²) >= 11 is 0. The van der Waals surface area contributed by atoms with Crippen molar-refractivity contribution in [2.45, 2.75) is 39.2 Å². The quantitative estimate of drug-likeness (QED) is 0.693. The van der Waals surface area contributed by atoms with Crippen molar-refractivity contribution in [2.24, 2.45) is 0 Å². The van der Waals surface area contributed by atoms with Crippen molar-refractivity contribution in [1.82, 2.24) is 4.90 Å². The summed E-state index contributed by atoms with van der Waals surface area (Å²) < 4.78 is 5.15. The average molecular weight is 239 g/mol. The van der Waals surface area contributed by atoms with Gasteiger partial charge < -0.3 is 4.74 Å². The SMILES string of the molecule is C=CCCC(=O)N(CC=C)C(=O)OC(C)(C)C. The third kappa shape index (κ3) is 6.56. The van der Waals surface area contributed by atoms with Crippen LogP contribution in [-0.2, 0) is 9.53 Å². The third-order valence-electron chi connectivity index (χ3n) is 1.79. The number of amides is 2. The molecule has 0 radical (unpaired) electrons. The molecule has 0 aliphatic rings. The normalized spacial score (nSPS) is 10.5. The molecule has 0 aromatic rings. The minimum absolute atomic E-state index is 0.158. The van der Waals surface area contributed by atoms with Crippen molar-refractivity contribution >= 4 is 12.0 Å². The first-order chi connectivity index (χ1) is 7.81.